The summed E-state index contributed by atoms with van der Waals surface area (Å²) in [5, 5.41) is 3.14. The molecule has 0 radical (unpaired) electrons. The maximum absolute atomic E-state index is 11.8. The Morgan fingerprint density at radius 1 is 1.38 bits per heavy atom. The second-order valence-electron chi connectivity index (χ2n) is 1.99. The number of piperazine rings is 1. The van der Waals surface area contributed by atoms with Gasteiger partial charge in [0.25, 0.3) is 0 Å². The summed E-state index contributed by atoms with van der Waals surface area (Å²) >= 11 is 0. The molecule has 0 unspecified atom stereocenters. The quantitative estimate of drug-likeness (QED) is 0.480. The highest BCUT2D eigenvalue weighted by Gasteiger charge is 2.06. The molecule has 2 nitrogen and oxygen atoms in total. The van der Waals surface area contributed by atoms with Crippen LogP contribution in [0.15, 0.2) is 0 Å². The summed E-state index contributed by atoms with van der Waals surface area (Å²) in [5.41, 5.74) is 0. The van der Waals surface area contributed by atoms with Crippen molar-refractivity contribution >= 4 is 0 Å². The Morgan fingerprint density at radius 3 is 2.38 bits per heavy atom. The van der Waals surface area contributed by atoms with Crippen LogP contribution in [-0.2, 0) is 0 Å². The van der Waals surface area contributed by atoms with Gasteiger partial charge in [-0.2, -0.15) is 0 Å². The van der Waals surface area contributed by atoms with Crippen molar-refractivity contribution in [1.29, 1.82) is 0 Å². The molecule has 8 heavy (non-hydrogen) atoms. The molecule has 1 N–H and O–H groups in total. The molecule has 1 rings (SSSR count). The Kier molecular flexibility index (Phi) is 2.24. The van der Waals surface area contributed by atoms with Crippen LogP contribution in [0, 0.1) is 0 Å². The van der Waals surface area contributed by atoms with Gasteiger partial charge in [-0.3, -0.25) is 4.90 Å². The average Bonchev–Trinajstić information content (AvgIpc) is 1.90. The zero-order chi connectivity index (χ0) is 5.82. The van der Waals surface area contributed by atoms with Crippen molar-refractivity contribution in [2.75, 3.05) is 33.0 Å². The van der Waals surface area contributed by atoms with Crippen molar-refractivity contribution in [1.82, 2.24) is 10.2 Å². The van der Waals surface area contributed by atoms with E-state index < -0.39 is 0 Å². The maximum Gasteiger partial charge on any atom is 0.143 e. The lowest BCUT2D eigenvalue weighted by molar-refractivity contribution is 0.166. The van der Waals surface area contributed by atoms with Crippen LogP contribution >= 0.6 is 0 Å². The first-order valence-corrected chi connectivity index (χ1v) is 2.92. The van der Waals surface area contributed by atoms with Gasteiger partial charge in [0.2, 0.25) is 0 Å². The minimum absolute atomic E-state index is 0.290. The van der Waals surface area contributed by atoms with E-state index in [9.17, 15) is 4.39 Å². The first-order chi connectivity index (χ1) is 3.93. The number of alkyl halides is 1. The molecule has 1 saturated heterocycles. The summed E-state index contributed by atoms with van der Waals surface area (Å²) in [5.74, 6) is 0. The molecule has 0 atom stereocenters. The third kappa shape index (κ3) is 1.42. The van der Waals surface area contributed by atoms with Gasteiger partial charge in [0.05, 0.1) is 0 Å². The summed E-state index contributed by atoms with van der Waals surface area (Å²) in [7, 11) is 0. The molecule has 0 aromatic heterocycles. The summed E-state index contributed by atoms with van der Waals surface area (Å²) in [6.07, 6.45) is 0. The molecule has 3 heteroatoms. The molecule has 0 aliphatic carbocycles. The molecule has 0 bridgehead atoms. The fraction of sp³-hybridized carbons (Fsp3) is 1.00. The largest absolute Gasteiger partial charge is 0.314 e. The highest BCUT2D eigenvalue weighted by atomic mass is 19.1. The molecular formula is C5H11FN2. The lowest BCUT2D eigenvalue weighted by Crippen LogP contribution is -2.42. The maximum atomic E-state index is 11.8. The summed E-state index contributed by atoms with van der Waals surface area (Å²) in [6.45, 7) is 3.29. The van der Waals surface area contributed by atoms with Gasteiger partial charge in [0.15, 0.2) is 0 Å². The van der Waals surface area contributed by atoms with Crippen LogP contribution in [-0.4, -0.2) is 37.9 Å². The van der Waals surface area contributed by atoms with E-state index in [4.69, 9.17) is 0 Å². The van der Waals surface area contributed by atoms with Crippen LogP contribution in [0.1, 0.15) is 0 Å². The van der Waals surface area contributed by atoms with E-state index in [0.29, 0.717) is 0 Å². The van der Waals surface area contributed by atoms with Crippen molar-refractivity contribution in [2.45, 2.75) is 0 Å². The van der Waals surface area contributed by atoms with Gasteiger partial charge < -0.3 is 5.32 Å². The van der Waals surface area contributed by atoms with Crippen LogP contribution in [0.5, 0.6) is 0 Å². The highest BCUT2D eigenvalue weighted by Crippen LogP contribution is 1.89. The fourth-order valence-corrected chi connectivity index (χ4v) is 0.831. The number of hydrogen-bond acceptors (Lipinski definition) is 2. The van der Waals surface area contributed by atoms with E-state index in [1.54, 1.807) is 4.90 Å². The van der Waals surface area contributed by atoms with Crippen molar-refractivity contribution in [3.8, 4) is 0 Å². The molecular weight excluding hydrogens is 107 g/mol. The summed E-state index contributed by atoms with van der Waals surface area (Å²) < 4.78 is 11.8. The van der Waals surface area contributed by atoms with E-state index in [2.05, 4.69) is 5.32 Å². The molecule has 0 amide bonds. The fourth-order valence-electron chi connectivity index (χ4n) is 0.831. The van der Waals surface area contributed by atoms with Crippen LogP contribution < -0.4 is 5.32 Å². The number of nitrogens with zero attached hydrogens (tertiary/aromatic N) is 1. The molecule has 0 aromatic carbocycles. The van der Waals surface area contributed by atoms with E-state index in [1.165, 1.54) is 0 Å². The predicted octanol–water partition coefficient (Wildman–Crippen LogP) is -0.181. The second-order valence-corrected chi connectivity index (χ2v) is 1.99. The molecule has 1 aliphatic rings. The number of halogens is 1. The monoisotopic (exact) mass is 118 g/mol. The Morgan fingerprint density at radius 2 is 2.00 bits per heavy atom. The molecule has 0 aromatic rings. The van der Waals surface area contributed by atoms with Gasteiger partial charge in [-0.1, -0.05) is 0 Å². The van der Waals surface area contributed by atoms with Gasteiger partial charge in [-0.15, -0.1) is 0 Å². The topological polar surface area (TPSA) is 15.3 Å². The minimum atomic E-state index is -0.290. The zero-order valence-corrected chi connectivity index (χ0v) is 4.86. The summed E-state index contributed by atoms with van der Waals surface area (Å²) in [6, 6.07) is 0. The van der Waals surface area contributed by atoms with Crippen LogP contribution in [0.3, 0.4) is 0 Å². The summed E-state index contributed by atoms with van der Waals surface area (Å²) in [4.78, 5) is 1.79. The Bertz CT molecular complexity index is 61.4. The highest BCUT2D eigenvalue weighted by molar-refractivity contribution is 4.63. The van der Waals surface area contributed by atoms with Crippen molar-refractivity contribution < 1.29 is 4.39 Å². The van der Waals surface area contributed by atoms with Gasteiger partial charge in [0, 0.05) is 26.2 Å². The molecule has 1 fully saturated rings. The smallest absolute Gasteiger partial charge is 0.143 e. The normalized spacial score (nSPS) is 23.6. The number of hydrogen-bond donors (Lipinski definition) is 1. The van der Waals surface area contributed by atoms with Gasteiger partial charge in [0.1, 0.15) is 6.80 Å². The lowest BCUT2D eigenvalue weighted by atomic mass is 10.4. The van der Waals surface area contributed by atoms with Crippen LogP contribution in [0.4, 0.5) is 4.39 Å². The lowest BCUT2D eigenvalue weighted by Gasteiger charge is -2.23. The van der Waals surface area contributed by atoms with Crippen molar-refractivity contribution in [3.05, 3.63) is 0 Å². The molecule has 0 saturated carbocycles. The third-order valence-electron chi connectivity index (χ3n) is 1.38. The Balaban J connectivity index is 2.13. The Labute approximate surface area is 48.7 Å². The van der Waals surface area contributed by atoms with E-state index in [1.807, 2.05) is 0 Å². The van der Waals surface area contributed by atoms with E-state index in [-0.39, 0.29) is 6.80 Å². The van der Waals surface area contributed by atoms with Gasteiger partial charge in [-0.25, -0.2) is 4.39 Å². The third-order valence-corrected chi connectivity index (χ3v) is 1.38. The standard InChI is InChI=1S/C5H11FN2/c6-5-8-3-1-7-2-4-8/h7H,1-5H2. The second kappa shape index (κ2) is 2.99. The first kappa shape index (κ1) is 5.98. The van der Waals surface area contributed by atoms with E-state index >= 15 is 0 Å². The SMILES string of the molecule is FCN1CCNCC1. The van der Waals surface area contributed by atoms with Crippen molar-refractivity contribution in [3.63, 3.8) is 0 Å². The van der Waals surface area contributed by atoms with Crippen LogP contribution in [0.2, 0.25) is 0 Å². The number of rotatable bonds is 1. The Hall–Kier alpha value is -0.150. The molecule has 1 heterocycles. The molecule has 1 aliphatic heterocycles. The first-order valence-electron chi connectivity index (χ1n) is 2.92. The average molecular weight is 118 g/mol. The van der Waals surface area contributed by atoms with Crippen LogP contribution in [0.25, 0.3) is 0 Å². The van der Waals surface area contributed by atoms with Gasteiger partial charge >= 0.3 is 0 Å². The minimum Gasteiger partial charge on any atom is -0.314 e. The molecule has 48 valence electrons. The van der Waals surface area contributed by atoms with Gasteiger partial charge in [-0.05, 0) is 0 Å². The van der Waals surface area contributed by atoms with E-state index in [0.717, 1.165) is 26.2 Å². The predicted molar refractivity (Wildman–Crippen MR) is 30.4 cm³/mol. The van der Waals surface area contributed by atoms with Crippen molar-refractivity contribution in [2.24, 2.45) is 0 Å². The number of nitrogens with one attached hydrogen (secondary N) is 1. The zero-order valence-electron chi connectivity index (χ0n) is 4.86. The molecule has 0 spiro atoms.